The summed E-state index contributed by atoms with van der Waals surface area (Å²) in [6.45, 7) is 6.81. The number of hydrogen-bond donors (Lipinski definition) is 0. The van der Waals surface area contributed by atoms with E-state index in [1.165, 1.54) is 16.3 Å². The zero-order valence-electron chi connectivity index (χ0n) is 15.7. The molecule has 1 saturated carbocycles. The van der Waals surface area contributed by atoms with Crippen molar-refractivity contribution >= 4 is 10.8 Å². The summed E-state index contributed by atoms with van der Waals surface area (Å²) in [5.74, 6) is 0.266. The Morgan fingerprint density at radius 3 is 2.64 bits per heavy atom. The van der Waals surface area contributed by atoms with Crippen molar-refractivity contribution < 1.29 is 9.47 Å². The Kier molecular flexibility index (Phi) is 4.10. The van der Waals surface area contributed by atoms with E-state index in [1.54, 1.807) is 14.2 Å². The maximum atomic E-state index is 5.65. The average Bonchev–Trinajstić information content (AvgIpc) is 2.56. The van der Waals surface area contributed by atoms with Crippen LogP contribution in [0.4, 0.5) is 0 Å². The molecule has 4 rings (SSSR count). The van der Waals surface area contributed by atoms with Crippen LogP contribution in [0.2, 0.25) is 0 Å². The first-order valence-electron chi connectivity index (χ1n) is 9.18. The standard InChI is InChI=1S/C21H28N2O2/c1-15(2)19-20(12-21(13-20,24-3)25-4)14-23(19)11-17-7-5-6-16-10-22-9-8-18(16)17/h5-10,15,19H,11-14H2,1-4H3. The summed E-state index contributed by atoms with van der Waals surface area (Å²) in [5, 5.41) is 2.54. The van der Waals surface area contributed by atoms with E-state index in [1.807, 2.05) is 12.4 Å². The van der Waals surface area contributed by atoms with E-state index in [4.69, 9.17) is 9.47 Å². The summed E-state index contributed by atoms with van der Waals surface area (Å²) in [5.41, 5.74) is 1.75. The second-order valence-electron chi connectivity index (χ2n) is 8.14. The summed E-state index contributed by atoms with van der Waals surface area (Å²) in [7, 11) is 3.53. The number of benzene rings is 1. The summed E-state index contributed by atoms with van der Waals surface area (Å²) in [6, 6.07) is 9.25. The van der Waals surface area contributed by atoms with Crippen LogP contribution in [0.3, 0.4) is 0 Å². The molecule has 1 saturated heterocycles. The van der Waals surface area contributed by atoms with Gasteiger partial charge in [0.05, 0.1) is 0 Å². The van der Waals surface area contributed by atoms with Crippen molar-refractivity contribution in [3.05, 3.63) is 42.2 Å². The second-order valence-corrected chi connectivity index (χ2v) is 8.14. The lowest BCUT2D eigenvalue weighted by Gasteiger charge is -2.68. The van der Waals surface area contributed by atoms with Crippen molar-refractivity contribution in [3.63, 3.8) is 0 Å². The molecule has 134 valence electrons. The first-order chi connectivity index (χ1) is 12.0. The van der Waals surface area contributed by atoms with Gasteiger partial charge in [0.1, 0.15) is 0 Å². The molecule has 1 atom stereocenters. The molecule has 1 unspecified atom stereocenters. The normalized spacial score (nSPS) is 24.4. The Balaban J connectivity index is 1.54. The molecule has 0 radical (unpaired) electrons. The fourth-order valence-electron chi connectivity index (χ4n) is 5.41. The molecule has 2 aliphatic rings. The van der Waals surface area contributed by atoms with Gasteiger partial charge in [0.15, 0.2) is 5.79 Å². The van der Waals surface area contributed by atoms with Crippen LogP contribution in [0.5, 0.6) is 0 Å². The zero-order chi connectivity index (χ0) is 17.7. The molecule has 25 heavy (non-hydrogen) atoms. The molecule has 1 aromatic carbocycles. The lowest BCUT2D eigenvalue weighted by molar-refractivity contribution is -0.339. The van der Waals surface area contributed by atoms with Gasteiger partial charge in [-0.05, 0) is 22.9 Å². The third-order valence-electron chi connectivity index (χ3n) is 6.30. The fraction of sp³-hybridized carbons (Fsp3) is 0.571. The van der Waals surface area contributed by atoms with Crippen LogP contribution in [0, 0.1) is 11.3 Å². The van der Waals surface area contributed by atoms with Gasteiger partial charge in [-0.1, -0.05) is 32.0 Å². The first-order valence-corrected chi connectivity index (χ1v) is 9.18. The van der Waals surface area contributed by atoms with E-state index in [-0.39, 0.29) is 5.79 Å². The summed E-state index contributed by atoms with van der Waals surface area (Å²) in [4.78, 5) is 6.88. The monoisotopic (exact) mass is 340 g/mol. The fourth-order valence-corrected chi connectivity index (χ4v) is 5.41. The van der Waals surface area contributed by atoms with Gasteiger partial charge in [0, 0.05) is 69.4 Å². The highest BCUT2D eigenvalue weighted by atomic mass is 16.7. The molecule has 2 aromatic rings. The Morgan fingerprint density at radius 1 is 1.20 bits per heavy atom. The van der Waals surface area contributed by atoms with Gasteiger partial charge in [-0.25, -0.2) is 0 Å². The number of methoxy groups -OCH3 is 2. The molecule has 1 aromatic heterocycles. The molecule has 4 heteroatoms. The molecular weight excluding hydrogens is 312 g/mol. The lowest BCUT2D eigenvalue weighted by Crippen LogP contribution is -2.75. The SMILES string of the molecule is COC1(OC)CC2(CN(Cc3cccc4cnccc34)C2C(C)C)C1. The molecule has 0 N–H and O–H groups in total. The van der Waals surface area contributed by atoms with Gasteiger partial charge in [-0.2, -0.15) is 0 Å². The highest BCUT2D eigenvalue weighted by Crippen LogP contribution is 2.61. The smallest absolute Gasteiger partial charge is 0.168 e. The van der Waals surface area contributed by atoms with Gasteiger partial charge in [-0.15, -0.1) is 0 Å². The van der Waals surface area contributed by atoms with Gasteiger partial charge in [-0.3, -0.25) is 9.88 Å². The van der Waals surface area contributed by atoms with Crippen molar-refractivity contribution in [2.45, 2.75) is 45.1 Å². The van der Waals surface area contributed by atoms with Gasteiger partial charge in [0.25, 0.3) is 0 Å². The topological polar surface area (TPSA) is 34.6 Å². The number of nitrogens with zero attached hydrogens (tertiary/aromatic N) is 2. The molecule has 0 bridgehead atoms. The number of hydrogen-bond acceptors (Lipinski definition) is 4. The highest BCUT2D eigenvalue weighted by molar-refractivity contribution is 5.84. The molecule has 4 nitrogen and oxygen atoms in total. The maximum Gasteiger partial charge on any atom is 0.168 e. The van der Waals surface area contributed by atoms with Crippen LogP contribution < -0.4 is 0 Å². The van der Waals surface area contributed by atoms with Crippen molar-refractivity contribution in [2.75, 3.05) is 20.8 Å². The molecule has 1 aliphatic heterocycles. The van der Waals surface area contributed by atoms with Crippen molar-refractivity contribution in [2.24, 2.45) is 11.3 Å². The van der Waals surface area contributed by atoms with E-state index in [9.17, 15) is 0 Å². The third-order valence-corrected chi connectivity index (χ3v) is 6.30. The summed E-state index contributed by atoms with van der Waals surface area (Å²) < 4.78 is 11.3. The van der Waals surface area contributed by atoms with Crippen molar-refractivity contribution in [3.8, 4) is 0 Å². The molecule has 1 spiro atoms. The minimum absolute atomic E-state index is 0.353. The van der Waals surface area contributed by atoms with Crippen LogP contribution in [0.25, 0.3) is 10.8 Å². The average molecular weight is 340 g/mol. The molecule has 2 heterocycles. The Bertz CT molecular complexity index is 756. The predicted octanol–water partition coefficient (Wildman–Crippen LogP) is 3.84. The Labute approximate surface area is 150 Å². The molecule has 0 amide bonds. The number of fused-ring (bicyclic) bond motifs is 1. The van der Waals surface area contributed by atoms with Crippen molar-refractivity contribution in [1.29, 1.82) is 0 Å². The van der Waals surface area contributed by atoms with Crippen LogP contribution in [0.1, 0.15) is 32.3 Å². The zero-order valence-corrected chi connectivity index (χ0v) is 15.7. The van der Waals surface area contributed by atoms with Gasteiger partial charge in [0.2, 0.25) is 0 Å². The minimum atomic E-state index is -0.357. The van der Waals surface area contributed by atoms with Gasteiger partial charge >= 0.3 is 0 Å². The maximum absolute atomic E-state index is 5.65. The van der Waals surface area contributed by atoms with E-state index >= 15 is 0 Å². The quantitative estimate of drug-likeness (QED) is 0.775. The Hall–Kier alpha value is -1.49. The van der Waals surface area contributed by atoms with E-state index in [2.05, 4.69) is 48.0 Å². The van der Waals surface area contributed by atoms with Crippen LogP contribution in [-0.4, -0.2) is 42.5 Å². The molecule has 1 aliphatic carbocycles. The van der Waals surface area contributed by atoms with E-state index in [0.29, 0.717) is 17.4 Å². The van der Waals surface area contributed by atoms with Gasteiger partial charge < -0.3 is 9.47 Å². The molecule has 2 fully saturated rings. The van der Waals surface area contributed by atoms with E-state index in [0.717, 1.165) is 25.9 Å². The number of aromatic nitrogens is 1. The molecular formula is C21H28N2O2. The lowest BCUT2D eigenvalue weighted by atomic mass is 9.52. The van der Waals surface area contributed by atoms with Crippen molar-refractivity contribution in [1.82, 2.24) is 9.88 Å². The van der Waals surface area contributed by atoms with E-state index < -0.39 is 0 Å². The van der Waals surface area contributed by atoms with Crippen LogP contribution >= 0.6 is 0 Å². The highest BCUT2D eigenvalue weighted by Gasteiger charge is 2.66. The Morgan fingerprint density at radius 2 is 1.96 bits per heavy atom. The third kappa shape index (κ3) is 2.59. The minimum Gasteiger partial charge on any atom is -0.353 e. The van der Waals surface area contributed by atoms with Crippen LogP contribution in [0.15, 0.2) is 36.7 Å². The summed E-state index contributed by atoms with van der Waals surface area (Å²) in [6.07, 6.45) is 5.85. The first kappa shape index (κ1) is 17.0. The number of likely N-dealkylation sites (tertiary alicyclic amines) is 1. The second kappa shape index (κ2) is 6.04. The summed E-state index contributed by atoms with van der Waals surface area (Å²) >= 11 is 0. The predicted molar refractivity (Wildman–Crippen MR) is 99.2 cm³/mol. The van der Waals surface area contributed by atoms with Crippen LogP contribution in [-0.2, 0) is 16.0 Å². The number of ether oxygens (including phenoxy) is 2. The number of rotatable bonds is 5. The largest absolute Gasteiger partial charge is 0.353 e. The number of pyridine rings is 1.